The molecule has 0 unspecified atom stereocenters. The van der Waals surface area contributed by atoms with Gasteiger partial charge in [0.15, 0.2) is 0 Å². The third kappa shape index (κ3) is 2.45. The standard InChI is InChI=1S/C10H11FOS/c11-8-3-7(6-12)4-10(5-8)13-9-1-2-9/h3-5,9,12H,1-2,6H2. The maximum absolute atomic E-state index is 13.0. The topological polar surface area (TPSA) is 20.2 Å². The molecule has 0 aromatic heterocycles. The summed E-state index contributed by atoms with van der Waals surface area (Å²) in [5.41, 5.74) is 0.656. The van der Waals surface area contributed by atoms with Gasteiger partial charge in [-0.1, -0.05) is 0 Å². The smallest absolute Gasteiger partial charge is 0.124 e. The van der Waals surface area contributed by atoms with Crippen LogP contribution < -0.4 is 0 Å². The Kier molecular flexibility index (Phi) is 2.56. The van der Waals surface area contributed by atoms with Crippen LogP contribution >= 0.6 is 11.8 Å². The summed E-state index contributed by atoms with van der Waals surface area (Å²) in [7, 11) is 0. The predicted molar refractivity (Wildman–Crippen MR) is 51.2 cm³/mol. The van der Waals surface area contributed by atoms with Crippen LogP contribution in [0.25, 0.3) is 0 Å². The lowest BCUT2D eigenvalue weighted by Crippen LogP contribution is -1.87. The van der Waals surface area contributed by atoms with Gasteiger partial charge in [0.05, 0.1) is 6.61 Å². The highest BCUT2D eigenvalue weighted by Gasteiger charge is 2.22. The lowest BCUT2D eigenvalue weighted by atomic mass is 10.2. The molecule has 0 amide bonds. The molecule has 0 spiro atoms. The fraction of sp³-hybridized carbons (Fsp3) is 0.400. The summed E-state index contributed by atoms with van der Waals surface area (Å²) in [6.45, 7) is -0.0873. The molecule has 13 heavy (non-hydrogen) atoms. The van der Waals surface area contributed by atoms with Crippen LogP contribution in [0.5, 0.6) is 0 Å². The number of hydrogen-bond donors (Lipinski definition) is 1. The van der Waals surface area contributed by atoms with Crippen molar-refractivity contribution in [1.29, 1.82) is 0 Å². The molecular weight excluding hydrogens is 187 g/mol. The zero-order chi connectivity index (χ0) is 9.26. The molecule has 1 nitrogen and oxygen atoms in total. The monoisotopic (exact) mass is 198 g/mol. The van der Waals surface area contributed by atoms with Gasteiger partial charge in [-0.3, -0.25) is 0 Å². The van der Waals surface area contributed by atoms with Crippen molar-refractivity contribution in [1.82, 2.24) is 0 Å². The molecule has 0 aliphatic heterocycles. The van der Waals surface area contributed by atoms with Crippen molar-refractivity contribution >= 4 is 11.8 Å². The van der Waals surface area contributed by atoms with Gasteiger partial charge in [-0.25, -0.2) is 4.39 Å². The van der Waals surface area contributed by atoms with Crippen LogP contribution in [0.15, 0.2) is 23.1 Å². The van der Waals surface area contributed by atoms with Crippen LogP contribution in [0.4, 0.5) is 4.39 Å². The number of hydrogen-bond acceptors (Lipinski definition) is 2. The van der Waals surface area contributed by atoms with Crippen molar-refractivity contribution in [3.05, 3.63) is 29.6 Å². The van der Waals surface area contributed by atoms with Gasteiger partial charge in [0.1, 0.15) is 5.82 Å². The van der Waals surface area contributed by atoms with E-state index in [1.165, 1.54) is 25.0 Å². The lowest BCUT2D eigenvalue weighted by Gasteiger charge is -2.02. The molecule has 0 atom stereocenters. The summed E-state index contributed by atoms with van der Waals surface area (Å²) in [5.74, 6) is -0.255. The minimum atomic E-state index is -0.255. The van der Waals surface area contributed by atoms with Crippen molar-refractivity contribution in [3.63, 3.8) is 0 Å². The van der Waals surface area contributed by atoms with Crippen molar-refractivity contribution in [2.24, 2.45) is 0 Å². The second kappa shape index (κ2) is 3.68. The Morgan fingerprint density at radius 3 is 2.77 bits per heavy atom. The van der Waals surface area contributed by atoms with E-state index < -0.39 is 0 Å². The Bertz CT molecular complexity index is 310. The molecular formula is C10H11FOS. The first-order valence-electron chi connectivity index (χ1n) is 4.35. The molecule has 3 heteroatoms. The zero-order valence-corrected chi connectivity index (χ0v) is 7.98. The second-order valence-electron chi connectivity index (χ2n) is 3.27. The van der Waals surface area contributed by atoms with E-state index in [0.717, 1.165) is 4.90 Å². The average molecular weight is 198 g/mol. The van der Waals surface area contributed by atoms with E-state index in [9.17, 15) is 4.39 Å². The van der Waals surface area contributed by atoms with Crippen LogP contribution in [0.3, 0.4) is 0 Å². The molecule has 1 fully saturated rings. The largest absolute Gasteiger partial charge is 0.392 e. The maximum atomic E-state index is 13.0. The Labute approximate surface area is 81.0 Å². The Morgan fingerprint density at radius 2 is 2.15 bits per heavy atom. The van der Waals surface area contributed by atoms with Gasteiger partial charge in [0.25, 0.3) is 0 Å². The summed E-state index contributed by atoms with van der Waals surface area (Å²) >= 11 is 1.70. The quantitative estimate of drug-likeness (QED) is 0.805. The Morgan fingerprint density at radius 1 is 1.38 bits per heavy atom. The van der Waals surface area contributed by atoms with E-state index in [0.29, 0.717) is 10.8 Å². The molecule has 2 rings (SSSR count). The highest BCUT2D eigenvalue weighted by Crippen LogP contribution is 2.39. The van der Waals surface area contributed by atoms with Crippen molar-refractivity contribution in [2.75, 3.05) is 0 Å². The number of halogens is 1. The zero-order valence-electron chi connectivity index (χ0n) is 7.16. The Hall–Kier alpha value is -0.540. The highest BCUT2D eigenvalue weighted by molar-refractivity contribution is 8.00. The SMILES string of the molecule is OCc1cc(F)cc(SC2CC2)c1. The molecule has 0 radical (unpaired) electrons. The first-order valence-corrected chi connectivity index (χ1v) is 5.23. The molecule has 1 aromatic rings. The van der Waals surface area contributed by atoms with Crippen LogP contribution in [-0.2, 0) is 6.61 Å². The molecule has 70 valence electrons. The molecule has 1 N–H and O–H groups in total. The number of thioether (sulfide) groups is 1. The third-order valence-corrected chi connectivity index (χ3v) is 3.25. The number of aliphatic hydroxyl groups is 1. The van der Waals surface area contributed by atoms with Crippen LogP contribution in [0, 0.1) is 5.82 Å². The first kappa shape index (κ1) is 9.03. The second-order valence-corrected chi connectivity index (χ2v) is 4.64. The summed E-state index contributed by atoms with van der Waals surface area (Å²) in [5, 5.41) is 9.53. The normalized spacial score (nSPS) is 16.2. The van der Waals surface area contributed by atoms with E-state index >= 15 is 0 Å². The Balaban J connectivity index is 2.17. The number of rotatable bonds is 3. The summed E-state index contributed by atoms with van der Waals surface area (Å²) in [4.78, 5) is 0.937. The maximum Gasteiger partial charge on any atom is 0.124 e. The molecule has 1 saturated carbocycles. The molecule has 1 aliphatic carbocycles. The van der Waals surface area contributed by atoms with Gasteiger partial charge in [-0.2, -0.15) is 0 Å². The summed E-state index contributed by atoms with van der Waals surface area (Å²) in [6.07, 6.45) is 2.46. The van der Waals surface area contributed by atoms with Gasteiger partial charge in [-0.05, 0) is 36.6 Å². The van der Waals surface area contributed by atoms with Crippen molar-refractivity contribution in [2.45, 2.75) is 29.6 Å². The van der Waals surface area contributed by atoms with Gasteiger partial charge in [0, 0.05) is 10.1 Å². The summed E-state index contributed by atoms with van der Waals surface area (Å²) in [6, 6.07) is 4.76. The summed E-state index contributed by atoms with van der Waals surface area (Å²) < 4.78 is 13.0. The fourth-order valence-electron chi connectivity index (χ4n) is 1.16. The highest BCUT2D eigenvalue weighted by atomic mass is 32.2. The van der Waals surface area contributed by atoms with Gasteiger partial charge in [0.2, 0.25) is 0 Å². The number of aliphatic hydroxyl groups excluding tert-OH is 1. The van der Waals surface area contributed by atoms with E-state index in [4.69, 9.17) is 5.11 Å². The van der Waals surface area contributed by atoms with E-state index in [1.807, 2.05) is 6.07 Å². The van der Waals surface area contributed by atoms with Gasteiger partial charge in [-0.15, -0.1) is 11.8 Å². The van der Waals surface area contributed by atoms with Gasteiger partial charge < -0.3 is 5.11 Å². The van der Waals surface area contributed by atoms with Crippen LogP contribution in [-0.4, -0.2) is 10.4 Å². The first-order chi connectivity index (χ1) is 6.28. The molecule has 1 aliphatic rings. The van der Waals surface area contributed by atoms with Crippen molar-refractivity contribution < 1.29 is 9.50 Å². The molecule has 0 bridgehead atoms. The minimum Gasteiger partial charge on any atom is -0.392 e. The van der Waals surface area contributed by atoms with Gasteiger partial charge >= 0.3 is 0 Å². The predicted octanol–water partition coefficient (Wildman–Crippen LogP) is 2.57. The van der Waals surface area contributed by atoms with E-state index in [-0.39, 0.29) is 12.4 Å². The molecule has 0 saturated heterocycles. The third-order valence-electron chi connectivity index (χ3n) is 1.94. The average Bonchev–Trinajstić information content (AvgIpc) is 2.87. The lowest BCUT2D eigenvalue weighted by molar-refractivity contribution is 0.281. The van der Waals surface area contributed by atoms with Crippen LogP contribution in [0.2, 0.25) is 0 Å². The number of benzene rings is 1. The van der Waals surface area contributed by atoms with Crippen molar-refractivity contribution in [3.8, 4) is 0 Å². The molecule has 1 aromatic carbocycles. The minimum absolute atomic E-state index is 0.0873. The van der Waals surface area contributed by atoms with E-state index in [1.54, 1.807) is 11.8 Å². The molecule has 0 heterocycles. The fourth-order valence-corrected chi connectivity index (χ4v) is 2.32. The van der Waals surface area contributed by atoms with E-state index in [2.05, 4.69) is 0 Å². The van der Waals surface area contributed by atoms with Crippen LogP contribution in [0.1, 0.15) is 18.4 Å².